The summed E-state index contributed by atoms with van der Waals surface area (Å²) < 4.78 is 33.6. The third-order valence-electron chi connectivity index (χ3n) is 6.07. The van der Waals surface area contributed by atoms with Crippen LogP contribution in [-0.2, 0) is 9.53 Å². The van der Waals surface area contributed by atoms with E-state index in [0.717, 1.165) is 35.4 Å². The molecule has 8 nitrogen and oxygen atoms in total. The highest BCUT2D eigenvalue weighted by atomic mass is 35.5. The van der Waals surface area contributed by atoms with Crippen LogP contribution < -0.4 is 4.90 Å². The summed E-state index contributed by atoms with van der Waals surface area (Å²) in [6.07, 6.45) is 0.584. The van der Waals surface area contributed by atoms with E-state index in [0.29, 0.717) is 26.2 Å². The summed E-state index contributed by atoms with van der Waals surface area (Å²) >= 11 is 0.987. The third kappa shape index (κ3) is 5.10. The van der Waals surface area contributed by atoms with E-state index in [1.54, 1.807) is 24.3 Å². The van der Waals surface area contributed by atoms with Crippen LogP contribution >= 0.6 is 23.7 Å². The Balaban J connectivity index is 0.00000304. The van der Waals surface area contributed by atoms with Crippen LogP contribution in [0.1, 0.15) is 27.1 Å². The van der Waals surface area contributed by atoms with Crippen molar-refractivity contribution in [3.05, 3.63) is 59.2 Å². The summed E-state index contributed by atoms with van der Waals surface area (Å²) in [5.41, 5.74) is 0.474. The van der Waals surface area contributed by atoms with Gasteiger partial charge in [0.05, 0.1) is 29.0 Å². The molecule has 0 saturated carbocycles. The molecule has 190 valence electrons. The molecule has 1 aromatic heterocycles. The van der Waals surface area contributed by atoms with Crippen LogP contribution in [0, 0.1) is 11.6 Å². The van der Waals surface area contributed by atoms with Crippen molar-refractivity contribution in [2.75, 3.05) is 50.8 Å². The number of nitrogens with zero attached hydrogens (tertiary/aromatic N) is 4. The van der Waals surface area contributed by atoms with Crippen LogP contribution in [-0.4, -0.2) is 78.4 Å². The average Bonchev–Trinajstić information content (AvgIpc) is 3.38. The smallest absolute Gasteiger partial charge is 0.262 e. The number of anilines is 1. The first-order valence-corrected chi connectivity index (χ1v) is 12.1. The second kappa shape index (κ2) is 11.0. The molecule has 0 spiro atoms. The van der Waals surface area contributed by atoms with Crippen LogP contribution in [0.15, 0.2) is 36.4 Å². The number of imide groups is 1. The first kappa shape index (κ1) is 26.1. The van der Waals surface area contributed by atoms with E-state index >= 15 is 0 Å². The molecule has 2 aliphatic heterocycles. The Morgan fingerprint density at radius 1 is 1.08 bits per heavy atom. The molecule has 12 heteroatoms. The fourth-order valence-electron chi connectivity index (χ4n) is 4.27. The molecular formula is C24H23ClF2N4O4S. The number of halogens is 3. The Kier molecular flexibility index (Phi) is 7.94. The number of rotatable bonds is 7. The maximum atomic E-state index is 14.3. The van der Waals surface area contributed by atoms with Crippen LogP contribution in [0.25, 0.3) is 10.2 Å². The zero-order valence-electron chi connectivity index (χ0n) is 19.1. The molecule has 0 bridgehead atoms. The molecule has 3 amide bonds. The lowest BCUT2D eigenvalue weighted by atomic mass is 10.1. The average molecular weight is 537 g/mol. The van der Waals surface area contributed by atoms with Gasteiger partial charge in [-0.1, -0.05) is 23.5 Å². The monoisotopic (exact) mass is 536 g/mol. The highest BCUT2D eigenvalue weighted by Gasteiger charge is 2.37. The number of aromatic nitrogens is 1. The second-order valence-corrected chi connectivity index (χ2v) is 9.33. The summed E-state index contributed by atoms with van der Waals surface area (Å²) in [7, 11) is 0. The van der Waals surface area contributed by atoms with Crippen molar-refractivity contribution in [2.24, 2.45) is 0 Å². The lowest BCUT2D eigenvalue weighted by Gasteiger charge is -2.28. The molecule has 36 heavy (non-hydrogen) atoms. The number of ether oxygens (including phenoxy) is 1. The number of fused-ring (bicyclic) bond motifs is 2. The Morgan fingerprint density at radius 2 is 1.75 bits per heavy atom. The zero-order valence-corrected chi connectivity index (χ0v) is 20.7. The van der Waals surface area contributed by atoms with E-state index in [9.17, 15) is 23.2 Å². The van der Waals surface area contributed by atoms with Crippen molar-refractivity contribution >= 4 is 56.8 Å². The van der Waals surface area contributed by atoms with Crippen molar-refractivity contribution in [1.82, 2.24) is 14.8 Å². The molecule has 1 saturated heterocycles. The van der Waals surface area contributed by atoms with E-state index in [1.807, 2.05) is 0 Å². The molecule has 0 radical (unpaired) electrons. The number of thiazole rings is 1. The van der Waals surface area contributed by atoms with E-state index in [-0.39, 0.29) is 45.4 Å². The molecule has 3 aromatic rings. The molecule has 5 rings (SSSR count). The SMILES string of the molecule is Cl.O=C1c2ccccc2C(=O)N1CC(=O)N(CCCN1CCOCC1)c1nc2c(F)cc(F)cc2s1. The molecule has 0 unspecified atom stereocenters. The maximum Gasteiger partial charge on any atom is 0.262 e. The molecular weight excluding hydrogens is 514 g/mol. The standard InChI is InChI=1S/C24H22F2N4O4S.ClH/c25-15-12-18(26)21-19(13-15)35-24(27-21)29(7-3-6-28-8-10-34-11-9-28)20(31)14-30-22(32)16-4-1-2-5-17(16)23(30)33;/h1-2,4-5,12-13H,3,6-11,14H2;1H. The molecule has 2 aliphatic rings. The normalized spacial score (nSPS) is 15.8. The van der Waals surface area contributed by atoms with E-state index < -0.39 is 35.9 Å². The van der Waals surface area contributed by atoms with Gasteiger partial charge in [-0.3, -0.25) is 29.1 Å². The van der Waals surface area contributed by atoms with Gasteiger partial charge in [0.15, 0.2) is 10.9 Å². The van der Waals surface area contributed by atoms with Crippen LogP contribution in [0.2, 0.25) is 0 Å². The first-order valence-electron chi connectivity index (χ1n) is 11.2. The molecule has 1 fully saturated rings. The highest BCUT2D eigenvalue weighted by Crippen LogP contribution is 2.32. The number of benzene rings is 2. The summed E-state index contributed by atoms with van der Waals surface area (Å²) in [4.78, 5) is 47.6. The van der Waals surface area contributed by atoms with Crippen LogP contribution in [0.4, 0.5) is 13.9 Å². The Hall–Kier alpha value is -2.99. The predicted molar refractivity (Wildman–Crippen MR) is 133 cm³/mol. The number of hydrogen-bond acceptors (Lipinski definition) is 7. The van der Waals surface area contributed by atoms with Crippen molar-refractivity contribution in [1.29, 1.82) is 0 Å². The molecule has 2 aromatic carbocycles. The summed E-state index contributed by atoms with van der Waals surface area (Å²) in [5, 5.41) is 0.188. The van der Waals surface area contributed by atoms with Gasteiger partial charge in [-0.05, 0) is 24.6 Å². The Bertz CT molecular complexity index is 1280. The maximum absolute atomic E-state index is 14.3. The number of carbonyl (C=O) groups is 3. The van der Waals surface area contributed by atoms with Gasteiger partial charge in [0.2, 0.25) is 5.91 Å². The van der Waals surface area contributed by atoms with Gasteiger partial charge in [0, 0.05) is 32.2 Å². The van der Waals surface area contributed by atoms with Gasteiger partial charge in [0.1, 0.15) is 17.9 Å². The minimum atomic E-state index is -0.816. The minimum Gasteiger partial charge on any atom is -0.379 e. The van der Waals surface area contributed by atoms with Crippen molar-refractivity contribution in [3.8, 4) is 0 Å². The van der Waals surface area contributed by atoms with Crippen LogP contribution in [0.3, 0.4) is 0 Å². The van der Waals surface area contributed by atoms with Gasteiger partial charge < -0.3 is 4.74 Å². The fraction of sp³-hybridized carbons (Fsp3) is 0.333. The number of morpholine rings is 1. The van der Waals surface area contributed by atoms with E-state index in [1.165, 1.54) is 11.0 Å². The lowest BCUT2D eigenvalue weighted by molar-refractivity contribution is -0.119. The predicted octanol–water partition coefficient (Wildman–Crippen LogP) is 3.35. The molecule has 0 atom stereocenters. The van der Waals surface area contributed by atoms with Gasteiger partial charge in [-0.15, -0.1) is 12.4 Å². The Morgan fingerprint density at radius 3 is 2.42 bits per heavy atom. The number of amides is 3. The summed E-state index contributed by atoms with van der Waals surface area (Å²) in [6.45, 7) is 3.33. The van der Waals surface area contributed by atoms with Crippen LogP contribution in [0.5, 0.6) is 0 Å². The topological polar surface area (TPSA) is 83.1 Å². The Labute approximate surface area is 215 Å². The van der Waals surface area contributed by atoms with Gasteiger partial charge in [0.25, 0.3) is 11.8 Å². The molecule has 0 aliphatic carbocycles. The van der Waals surface area contributed by atoms with E-state index in [4.69, 9.17) is 4.74 Å². The summed E-state index contributed by atoms with van der Waals surface area (Å²) in [5.74, 6) is -3.15. The van der Waals surface area contributed by atoms with Gasteiger partial charge in [-0.25, -0.2) is 13.8 Å². The second-order valence-electron chi connectivity index (χ2n) is 8.33. The molecule has 0 N–H and O–H groups in total. The van der Waals surface area contributed by atoms with Gasteiger partial charge in [-0.2, -0.15) is 0 Å². The van der Waals surface area contributed by atoms with Crippen molar-refractivity contribution in [2.45, 2.75) is 6.42 Å². The zero-order chi connectivity index (χ0) is 24.5. The van der Waals surface area contributed by atoms with Crippen molar-refractivity contribution < 1.29 is 27.9 Å². The third-order valence-corrected chi connectivity index (χ3v) is 7.09. The first-order chi connectivity index (χ1) is 16.9. The van der Waals surface area contributed by atoms with Crippen molar-refractivity contribution in [3.63, 3.8) is 0 Å². The number of hydrogen-bond donors (Lipinski definition) is 0. The lowest BCUT2D eigenvalue weighted by Crippen LogP contribution is -2.44. The summed E-state index contributed by atoms with van der Waals surface area (Å²) in [6, 6.07) is 8.31. The molecule has 3 heterocycles. The van der Waals surface area contributed by atoms with E-state index in [2.05, 4.69) is 9.88 Å². The van der Waals surface area contributed by atoms with Gasteiger partial charge >= 0.3 is 0 Å². The largest absolute Gasteiger partial charge is 0.379 e. The highest BCUT2D eigenvalue weighted by molar-refractivity contribution is 7.22. The fourth-order valence-corrected chi connectivity index (χ4v) is 5.32. The number of carbonyl (C=O) groups excluding carboxylic acids is 3. The quantitative estimate of drug-likeness (QED) is 0.431. The minimum absolute atomic E-state index is 0.